The molecule has 0 aromatic heterocycles. The van der Waals surface area contributed by atoms with Crippen LogP contribution in [0.2, 0.25) is 5.02 Å². The molecule has 6 heteroatoms. The molecule has 2 aromatic rings. The summed E-state index contributed by atoms with van der Waals surface area (Å²) in [5, 5.41) is 19.9. The first kappa shape index (κ1) is 18.2. The summed E-state index contributed by atoms with van der Waals surface area (Å²) in [6, 6.07) is 10.4. The highest BCUT2D eigenvalue weighted by Gasteiger charge is 2.26. The van der Waals surface area contributed by atoms with Gasteiger partial charge in [0.05, 0.1) is 6.04 Å². The zero-order valence-corrected chi connectivity index (χ0v) is 14.2. The van der Waals surface area contributed by atoms with Crippen LogP contribution in [-0.2, 0) is 11.2 Å². The quantitative estimate of drug-likeness (QED) is 0.868. The van der Waals surface area contributed by atoms with Crippen molar-refractivity contribution in [3.8, 4) is 5.75 Å². The number of carbonyl (C=O) groups is 1. The second-order valence-electron chi connectivity index (χ2n) is 5.64. The number of hydrogen-bond acceptors (Lipinski definition) is 3. The van der Waals surface area contributed by atoms with Gasteiger partial charge in [-0.3, -0.25) is 4.79 Å². The lowest BCUT2D eigenvalue weighted by Crippen LogP contribution is -2.39. The summed E-state index contributed by atoms with van der Waals surface area (Å²) >= 11 is 5.93. The van der Waals surface area contributed by atoms with Crippen molar-refractivity contribution in [1.29, 1.82) is 0 Å². The molecule has 2 unspecified atom stereocenters. The summed E-state index contributed by atoms with van der Waals surface area (Å²) in [7, 11) is 1.54. The monoisotopic (exact) mass is 351 g/mol. The van der Waals surface area contributed by atoms with Crippen molar-refractivity contribution in [2.45, 2.75) is 25.5 Å². The first-order valence-corrected chi connectivity index (χ1v) is 7.85. The number of halogens is 2. The van der Waals surface area contributed by atoms with Crippen LogP contribution in [0.1, 0.15) is 24.1 Å². The molecule has 0 heterocycles. The molecule has 2 N–H and O–H groups in total. The molecule has 0 fully saturated rings. The molecule has 0 aliphatic heterocycles. The van der Waals surface area contributed by atoms with E-state index in [1.807, 2.05) is 0 Å². The number of aliphatic hydroxyl groups is 1. The number of hydrogen-bond donors (Lipinski definition) is 2. The molecule has 2 aromatic carbocycles. The highest BCUT2D eigenvalue weighted by molar-refractivity contribution is 6.31. The number of benzene rings is 2. The van der Waals surface area contributed by atoms with Crippen molar-refractivity contribution in [2.75, 3.05) is 7.05 Å². The number of amides is 1. The largest absolute Gasteiger partial charge is 0.508 e. The second-order valence-corrected chi connectivity index (χ2v) is 6.05. The van der Waals surface area contributed by atoms with E-state index in [-0.39, 0.29) is 28.8 Å². The Morgan fingerprint density at radius 2 is 1.96 bits per heavy atom. The molecule has 0 saturated heterocycles. The zero-order chi connectivity index (χ0) is 17.9. The topological polar surface area (TPSA) is 60.8 Å². The van der Waals surface area contributed by atoms with Gasteiger partial charge in [-0.2, -0.15) is 0 Å². The smallest absolute Gasteiger partial charge is 0.252 e. The third kappa shape index (κ3) is 4.04. The third-order valence-electron chi connectivity index (χ3n) is 4.03. The average Bonchev–Trinajstić information content (AvgIpc) is 2.56. The van der Waals surface area contributed by atoms with Crippen LogP contribution in [0.25, 0.3) is 0 Å². The Morgan fingerprint density at radius 1 is 1.29 bits per heavy atom. The molecule has 0 aliphatic carbocycles. The van der Waals surface area contributed by atoms with Gasteiger partial charge in [0, 0.05) is 24.1 Å². The maximum atomic E-state index is 13.8. The van der Waals surface area contributed by atoms with Crippen LogP contribution < -0.4 is 0 Å². The normalized spacial score (nSPS) is 13.4. The molecule has 0 spiro atoms. The minimum absolute atomic E-state index is 0.0962. The number of nitrogens with zero attached hydrogens (tertiary/aromatic N) is 1. The number of aromatic hydroxyl groups is 1. The number of aliphatic hydroxyl groups excluding tert-OH is 1. The van der Waals surface area contributed by atoms with E-state index in [1.165, 1.54) is 29.2 Å². The van der Waals surface area contributed by atoms with Gasteiger partial charge in [0.1, 0.15) is 17.7 Å². The van der Waals surface area contributed by atoms with Crippen molar-refractivity contribution >= 4 is 17.5 Å². The number of rotatable bonds is 5. The Kier molecular flexibility index (Phi) is 5.80. The lowest BCUT2D eigenvalue weighted by Gasteiger charge is -2.27. The number of phenolic OH excluding ortho intramolecular Hbond substituents is 1. The van der Waals surface area contributed by atoms with Crippen molar-refractivity contribution in [2.24, 2.45) is 0 Å². The van der Waals surface area contributed by atoms with E-state index in [4.69, 9.17) is 11.6 Å². The summed E-state index contributed by atoms with van der Waals surface area (Å²) in [4.78, 5) is 13.8. The maximum absolute atomic E-state index is 13.8. The fourth-order valence-corrected chi connectivity index (χ4v) is 2.68. The molecule has 0 bridgehead atoms. The van der Waals surface area contributed by atoms with Gasteiger partial charge in [-0.05, 0) is 36.8 Å². The van der Waals surface area contributed by atoms with E-state index in [0.29, 0.717) is 0 Å². The lowest BCUT2D eigenvalue weighted by molar-refractivity contribution is -0.140. The van der Waals surface area contributed by atoms with Crippen LogP contribution >= 0.6 is 11.6 Å². The minimum Gasteiger partial charge on any atom is -0.508 e. The van der Waals surface area contributed by atoms with Gasteiger partial charge in [0.15, 0.2) is 0 Å². The van der Waals surface area contributed by atoms with Crippen molar-refractivity contribution in [3.63, 3.8) is 0 Å². The highest BCUT2D eigenvalue weighted by atomic mass is 35.5. The first-order valence-electron chi connectivity index (χ1n) is 7.47. The van der Waals surface area contributed by atoms with E-state index in [9.17, 15) is 19.4 Å². The summed E-state index contributed by atoms with van der Waals surface area (Å²) < 4.78 is 13.8. The van der Waals surface area contributed by atoms with Gasteiger partial charge < -0.3 is 15.1 Å². The van der Waals surface area contributed by atoms with E-state index < -0.39 is 17.8 Å². The maximum Gasteiger partial charge on any atom is 0.252 e. The van der Waals surface area contributed by atoms with Gasteiger partial charge in [0.2, 0.25) is 0 Å². The molecule has 24 heavy (non-hydrogen) atoms. The van der Waals surface area contributed by atoms with Crippen molar-refractivity contribution in [3.05, 3.63) is 64.4 Å². The molecule has 0 saturated carbocycles. The Morgan fingerprint density at radius 3 is 2.58 bits per heavy atom. The lowest BCUT2D eigenvalue weighted by atomic mass is 10.0. The van der Waals surface area contributed by atoms with Gasteiger partial charge in [-0.25, -0.2) is 4.39 Å². The molecular weight excluding hydrogens is 333 g/mol. The molecule has 1 amide bonds. The fraction of sp³-hybridized carbons (Fsp3) is 0.278. The molecule has 128 valence electrons. The van der Waals surface area contributed by atoms with Crippen LogP contribution in [0.3, 0.4) is 0 Å². The molecule has 4 nitrogen and oxygen atoms in total. The zero-order valence-electron chi connectivity index (χ0n) is 13.4. The van der Waals surface area contributed by atoms with Crippen molar-refractivity contribution < 1.29 is 19.4 Å². The van der Waals surface area contributed by atoms with E-state index >= 15 is 0 Å². The molecule has 2 atom stereocenters. The predicted molar refractivity (Wildman–Crippen MR) is 90.4 cm³/mol. The van der Waals surface area contributed by atoms with E-state index in [0.717, 1.165) is 5.56 Å². The molecule has 2 rings (SSSR count). The number of phenols is 1. The third-order valence-corrected chi connectivity index (χ3v) is 4.38. The van der Waals surface area contributed by atoms with E-state index in [1.54, 1.807) is 32.2 Å². The molecular formula is C18H19ClFNO3. The Balaban J connectivity index is 2.12. The summed E-state index contributed by atoms with van der Waals surface area (Å²) in [6.07, 6.45) is -1.62. The van der Waals surface area contributed by atoms with Crippen LogP contribution in [0.5, 0.6) is 5.75 Å². The summed E-state index contributed by atoms with van der Waals surface area (Å²) in [6.45, 7) is 1.77. The second kappa shape index (κ2) is 7.64. The van der Waals surface area contributed by atoms with Crippen LogP contribution in [0, 0.1) is 5.82 Å². The predicted octanol–water partition coefficient (Wildman–Crippen LogP) is 3.31. The molecule has 0 radical (unpaired) electrons. The summed E-state index contributed by atoms with van der Waals surface area (Å²) in [5.41, 5.74) is 0.834. The van der Waals surface area contributed by atoms with Gasteiger partial charge in [0.25, 0.3) is 5.91 Å². The number of likely N-dealkylation sites (N-methyl/N-ethyl adjacent to an activating group) is 1. The Hall–Kier alpha value is -2.11. The van der Waals surface area contributed by atoms with Crippen molar-refractivity contribution in [1.82, 2.24) is 4.90 Å². The molecule has 0 aliphatic rings. The summed E-state index contributed by atoms with van der Waals surface area (Å²) in [5.74, 6) is -1.01. The Bertz CT molecular complexity index is 718. The average molecular weight is 352 g/mol. The SMILES string of the molecule is CC(c1cccc(O)c1)N(C)C(=O)C(O)Cc1c(F)cccc1Cl. The van der Waals surface area contributed by atoms with Gasteiger partial charge in [-0.1, -0.05) is 29.8 Å². The van der Waals surface area contributed by atoms with Gasteiger partial charge >= 0.3 is 0 Å². The minimum atomic E-state index is -1.41. The van der Waals surface area contributed by atoms with Crippen LogP contribution in [-0.4, -0.2) is 34.2 Å². The standard InChI is InChI=1S/C18H19ClFNO3/c1-11(12-5-3-6-13(22)9-12)21(2)18(24)17(23)10-14-15(19)7-4-8-16(14)20/h3-9,11,17,22-23H,10H2,1-2H3. The Labute approximate surface area is 145 Å². The van der Waals surface area contributed by atoms with Gasteiger partial charge in [-0.15, -0.1) is 0 Å². The number of carbonyl (C=O) groups excluding carboxylic acids is 1. The van der Waals surface area contributed by atoms with Crippen LogP contribution in [0.15, 0.2) is 42.5 Å². The highest BCUT2D eigenvalue weighted by Crippen LogP contribution is 2.25. The van der Waals surface area contributed by atoms with E-state index in [2.05, 4.69) is 0 Å². The van der Waals surface area contributed by atoms with Crippen LogP contribution in [0.4, 0.5) is 4.39 Å². The fourth-order valence-electron chi connectivity index (χ4n) is 2.44. The first-order chi connectivity index (χ1) is 11.3.